The highest BCUT2D eigenvalue weighted by Crippen LogP contribution is 2.18. The van der Waals surface area contributed by atoms with Crippen molar-refractivity contribution in [2.75, 3.05) is 13.1 Å². The molecule has 2 heterocycles. The molecular formula is C19H24N3O2S+. The molecule has 132 valence electrons. The second kappa shape index (κ2) is 8.27. The number of nitrogens with one attached hydrogen (secondary N) is 2. The number of phenolic OH excluding ortho intramolecular Hbond substituents is 1. The lowest BCUT2D eigenvalue weighted by molar-refractivity contribution is -0.918. The predicted octanol–water partition coefficient (Wildman–Crippen LogP) is 2.18. The highest BCUT2D eigenvalue weighted by Gasteiger charge is 2.16. The zero-order valence-electron chi connectivity index (χ0n) is 14.4. The van der Waals surface area contributed by atoms with E-state index in [4.69, 9.17) is 0 Å². The van der Waals surface area contributed by atoms with Gasteiger partial charge in [-0.2, -0.15) is 5.10 Å². The van der Waals surface area contributed by atoms with E-state index in [1.165, 1.54) is 35.5 Å². The third kappa shape index (κ3) is 4.67. The molecule has 0 bridgehead atoms. The van der Waals surface area contributed by atoms with Crippen molar-refractivity contribution in [3.05, 3.63) is 51.7 Å². The Balaban J connectivity index is 1.69. The van der Waals surface area contributed by atoms with E-state index in [9.17, 15) is 9.90 Å². The second-order valence-corrected chi connectivity index (χ2v) is 7.39. The highest BCUT2D eigenvalue weighted by molar-refractivity contribution is 7.12. The van der Waals surface area contributed by atoms with Crippen LogP contribution in [0, 0.1) is 0 Å². The number of carbonyl (C=O) groups excluding carboxylic acids is 1. The molecule has 0 spiro atoms. The van der Waals surface area contributed by atoms with Gasteiger partial charge < -0.3 is 10.0 Å². The van der Waals surface area contributed by atoms with Crippen LogP contribution in [0.15, 0.2) is 40.8 Å². The number of benzene rings is 1. The van der Waals surface area contributed by atoms with Crippen LogP contribution in [0.5, 0.6) is 5.75 Å². The minimum atomic E-state index is -0.203. The fourth-order valence-corrected chi connectivity index (χ4v) is 3.73. The topological polar surface area (TPSA) is 66.1 Å². The molecule has 2 aromatic rings. The Morgan fingerprint density at radius 2 is 2.08 bits per heavy atom. The monoisotopic (exact) mass is 358 g/mol. The minimum absolute atomic E-state index is 0.203. The molecule has 1 saturated heterocycles. The molecule has 0 aliphatic carbocycles. The summed E-state index contributed by atoms with van der Waals surface area (Å²) >= 11 is 1.39. The van der Waals surface area contributed by atoms with E-state index in [2.05, 4.69) is 10.5 Å². The molecule has 6 heteroatoms. The van der Waals surface area contributed by atoms with E-state index in [-0.39, 0.29) is 5.91 Å². The summed E-state index contributed by atoms with van der Waals surface area (Å²) < 4.78 is 0. The van der Waals surface area contributed by atoms with Crippen molar-refractivity contribution in [1.29, 1.82) is 0 Å². The molecule has 5 nitrogen and oxygen atoms in total. The first-order chi connectivity index (χ1) is 12.1. The smallest absolute Gasteiger partial charge is 0.281 e. The van der Waals surface area contributed by atoms with Crippen LogP contribution in [-0.4, -0.2) is 29.8 Å². The molecule has 1 aliphatic rings. The van der Waals surface area contributed by atoms with E-state index < -0.39 is 0 Å². The number of piperidine rings is 1. The maximum Gasteiger partial charge on any atom is 0.281 e. The van der Waals surface area contributed by atoms with E-state index in [1.54, 1.807) is 12.1 Å². The Hall–Kier alpha value is -2.18. The fraction of sp³-hybridized carbons (Fsp3) is 0.368. The summed E-state index contributed by atoms with van der Waals surface area (Å²) in [6, 6.07) is 9.14. The Bertz CT molecular complexity index is 750. The Morgan fingerprint density at radius 3 is 2.80 bits per heavy atom. The van der Waals surface area contributed by atoms with E-state index in [0.29, 0.717) is 10.6 Å². The van der Waals surface area contributed by atoms with Crippen molar-refractivity contribution in [3.8, 4) is 5.75 Å². The molecule has 0 saturated carbocycles. The number of thiophene rings is 1. The van der Waals surface area contributed by atoms with Gasteiger partial charge in [-0.3, -0.25) is 4.79 Å². The molecule has 1 amide bonds. The number of aromatic hydroxyl groups is 1. The van der Waals surface area contributed by atoms with Crippen molar-refractivity contribution in [2.24, 2.45) is 5.10 Å². The zero-order valence-corrected chi connectivity index (χ0v) is 15.2. The summed E-state index contributed by atoms with van der Waals surface area (Å²) in [7, 11) is 0. The molecule has 0 unspecified atom stereocenters. The number of carbonyl (C=O) groups is 1. The summed E-state index contributed by atoms with van der Waals surface area (Å²) in [4.78, 5) is 14.1. The maximum atomic E-state index is 12.0. The lowest BCUT2D eigenvalue weighted by atomic mass is 10.0. The third-order valence-corrected chi connectivity index (χ3v) is 5.44. The van der Waals surface area contributed by atoms with Gasteiger partial charge >= 0.3 is 0 Å². The first-order valence-electron chi connectivity index (χ1n) is 8.67. The lowest BCUT2D eigenvalue weighted by Gasteiger charge is -2.24. The van der Waals surface area contributed by atoms with E-state index in [1.807, 2.05) is 30.5 Å². The van der Waals surface area contributed by atoms with Gasteiger partial charge in [0, 0.05) is 5.56 Å². The number of hydrazone groups is 1. The number of nitrogens with zero attached hydrogens (tertiary/aromatic N) is 1. The lowest BCUT2D eigenvalue weighted by Crippen LogP contribution is -3.11. The molecule has 1 fully saturated rings. The Kier molecular flexibility index (Phi) is 5.83. The summed E-state index contributed by atoms with van der Waals surface area (Å²) in [6.45, 7) is 5.01. The number of hydrogen-bond acceptors (Lipinski definition) is 4. The van der Waals surface area contributed by atoms with Crippen LogP contribution in [0.4, 0.5) is 0 Å². The summed E-state index contributed by atoms with van der Waals surface area (Å²) in [5.41, 5.74) is 5.16. The maximum absolute atomic E-state index is 12.0. The molecule has 1 aliphatic heterocycles. The highest BCUT2D eigenvalue weighted by atomic mass is 32.1. The van der Waals surface area contributed by atoms with Gasteiger partial charge in [-0.15, -0.1) is 11.3 Å². The predicted molar refractivity (Wildman–Crippen MR) is 100 cm³/mol. The van der Waals surface area contributed by atoms with E-state index in [0.717, 1.165) is 36.5 Å². The molecule has 0 radical (unpaired) electrons. The van der Waals surface area contributed by atoms with Crippen molar-refractivity contribution in [3.63, 3.8) is 0 Å². The van der Waals surface area contributed by atoms with Gasteiger partial charge in [0.25, 0.3) is 5.91 Å². The van der Waals surface area contributed by atoms with Crippen LogP contribution in [0.1, 0.15) is 47.0 Å². The number of likely N-dealkylation sites (tertiary alicyclic amines) is 1. The summed E-state index contributed by atoms with van der Waals surface area (Å²) in [6.07, 6.45) is 3.82. The zero-order chi connectivity index (χ0) is 17.6. The largest absolute Gasteiger partial charge is 0.507 e. The van der Waals surface area contributed by atoms with Gasteiger partial charge in [0.15, 0.2) is 0 Å². The number of hydrogen-bond donors (Lipinski definition) is 3. The molecule has 25 heavy (non-hydrogen) atoms. The van der Waals surface area contributed by atoms with Crippen molar-refractivity contribution < 1.29 is 14.8 Å². The second-order valence-electron chi connectivity index (χ2n) is 6.45. The summed E-state index contributed by atoms with van der Waals surface area (Å²) in [5.74, 6) is 0.128. The van der Waals surface area contributed by atoms with Crippen LogP contribution in [-0.2, 0) is 6.54 Å². The van der Waals surface area contributed by atoms with Crippen molar-refractivity contribution in [1.82, 2.24) is 5.43 Å². The first kappa shape index (κ1) is 17.6. The van der Waals surface area contributed by atoms with Gasteiger partial charge in [-0.1, -0.05) is 6.07 Å². The number of amides is 1. The molecule has 3 rings (SSSR count). The minimum Gasteiger partial charge on any atom is -0.507 e. The third-order valence-electron chi connectivity index (χ3n) is 4.57. The van der Waals surface area contributed by atoms with Gasteiger partial charge in [0.1, 0.15) is 12.3 Å². The van der Waals surface area contributed by atoms with E-state index >= 15 is 0 Å². The molecular weight excluding hydrogens is 334 g/mol. The standard InChI is InChI=1S/C19H23N3O2S/c1-14(20-21-19(24)18-6-5-11-25-18)15-7-8-17(23)16(12-15)13-22-9-3-2-4-10-22/h5-8,11-12,23H,2-4,9-10,13H2,1H3,(H,21,24)/p+1/b20-14+. The SMILES string of the molecule is C/C(=N\NC(=O)c1cccs1)c1ccc(O)c(C[NH+]2CCCCC2)c1. The number of phenols is 1. The van der Waals surface area contributed by atoms with Crippen LogP contribution in [0.2, 0.25) is 0 Å². The van der Waals surface area contributed by atoms with Crippen LogP contribution < -0.4 is 10.3 Å². The van der Waals surface area contributed by atoms with Gasteiger partial charge in [0.05, 0.1) is 23.7 Å². The van der Waals surface area contributed by atoms with Crippen molar-refractivity contribution in [2.45, 2.75) is 32.7 Å². The quantitative estimate of drug-likeness (QED) is 0.566. The van der Waals surface area contributed by atoms with Crippen LogP contribution >= 0.6 is 11.3 Å². The average Bonchev–Trinajstić information content (AvgIpc) is 3.17. The van der Waals surface area contributed by atoms with Crippen LogP contribution in [0.3, 0.4) is 0 Å². The number of quaternary nitrogens is 1. The number of rotatable bonds is 5. The molecule has 1 aromatic heterocycles. The Labute approximate surface area is 152 Å². The van der Waals surface area contributed by atoms with Crippen LogP contribution in [0.25, 0.3) is 0 Å². The average molecular weight is 358 g/mol. The van der Waals surface area contributed by atoms with Gasteiger partial charge in [0.2, 0.25) is 0 Å². The first-order valence-corrected chi connectivity index (χ1v) is 9.55. The van der Waals surface area contributed by atoms with Gasteiger partial charge in [-0.25, -0.2) is 5.43 Å². The van der Waals surface area contributed by atoms with Gasteiger partial charge in [-0.05, 0) is 61.4 Å². The molecule has 0 atom stereocenters. The summed E-state index contributed by atoms with van der Waals surface area (Å²) in [5, 5.41) is 16.2. The fourth-order valence-electron chi connectivity index (χ4n) is 3.11. The normalized spacial score (nSPS) is 16.0. The Morgan fingerprint density at radius 1 is 1.28 bits per heavy atom. The molecule has 1 aromatic carbocycles. The van der Waals surface area contributed by atoms with Crippen molar-refractivity contribution >= 4 is 23.0 Å². The molecule has 3 N–H and O–H groups in total.